The van der Waals surface area contributed by atoms with Crippen molar-refractivity contribution in [3.63, 3.8) is 0 Å². The number of benzene rings is 2. The van der Waals surface area contributed by atoms with Crippen LogP contribution in [0.15, 0.2) is 72.2 Å². The van der Waals surface area contributed by atoms with E-state index in [0.717, 1.165) is 5.56 Å². The third-order valence-electron chi connectivity index (χ3n) is 4.84. The van der Waals surface area contributed by atoms with Crippen molar-refractivity contribution in [2.75, 3.05) is 5.32 Å². The number of aromatic nitrogens is 3. The fourth-order valence-corrected chi connectivity index (χ4v) is 3.68. The number of anilines is 1. The van der Waals surface area contributed by atoms with Gasteiger partial charge >= 0.3 is 0 Å². The minimum atomic E-state index is -0.439. The second kappa shape index (κ2) is 7.09. The molecule has 3 heterocycles. The van der Waals surface area contributed by atoms with Crippen LogP contribution in [0.1, 0.15) is 16.7 Å². The van der Waals surface area contributed by atoms with Gasteiger partial charge in [-0.2, -0.15) is 5.10 Å². The van der Waals surface area contributed by atoms with Gasteiger partial charge in [-0.3, -0.25) is 20.2 Å². The third-order valence-corrected chi connectivity index (χ3v) is 5.17. The zero-order valence-corrected chi connectivity index (χ0v) is 16.1. The predicted molar refractivity (Wildman–Crippen MR) is 116 cm³/mol. The van der Waals surface area contributed by atoms with Gasteiger partial charge in [0, 0.05) is 46.4 Å². The maximum absolute atomic E-state index is 11.7. The lowest BCUT2D eigenvalue weighted by atomic mass is 9.97. The first-order valence-corrected chi connectivity index (χ1v) is 9.37. The quantitative estimate of drug-likeness (QED) is 0.369. The molecule has 0 bridgehead atoms. The molecule has 146 valence electrons. The average molecular weight is 417 g/mol. The summed E-state index contributed by atoms with van der Waals surface area (Å²) in [5, 5.41) is 22.8. The molecule has 0 atom stereocenters. The van der Waals surface area contributed by atoms with Crippen molar-refractivity contribution in [3.8, 4) is 0 Å². The summed E-state index contributed by atoms with van der Waals surface area (Å²) in [7, 11) is 0. The minimum Gasteiger partial charge on any atom is -0.359 e. The van der Waals surface area contributed by atoms with E-state index in [1.165, 1.54) is 6.07 Å². The van der Waals surface area contributed by atoms with Crippen molar-refractivity contribution in [1.29, 1.82) is 0 Å². The number of H-pyrrole nitrogens is 1. The summed E-state index contributed by atoms with van der Waals surface area (Å²) in [4.78, 5) is 20.3. The van der Waals surface area contributed by atoms with E-state index in [0.29, 0.717) is 44.1 Å². The Morgan fingerprint density at radius 2 is 1.93 bits per heavy atom. The molecular formula is C21H13ClN6O2. The van der Waals surface area contributed by atoms with Crippen molar-refractivity contribution >= 4 is 45.3 Å². The van der Waals surface area contributed by atoms with Gasteiger partial charge in [0.2, 0.25) is 0 Å². The SMILES string of the molecule is O=[N+]([O-])c1cc2c(c3cn[nH]c13)NC=C(c1cccnc1)N=C2c1ccccc1Cl. The minimum absolute atomic E-state index is 0.0902. The van der Waals surface area contributed by atoms with E-state index in [2.05, 4.69) is 20.5 Å². The van der Waals surface area contributed by atoms with Gasteiger partial charge in [0.15, 0.2) is 0 Å². The van der Waals surface area contributed by atoms with Crippen LogP contribution in [0, 0.1) is 10.1 Å². The van der Waals surface area contributed by atoms with Crippen LogP contribution in [-0.2, 0) is 0 Å². The van der Waals surface area contributed by atoms with Crippen molar-refractivity contribution in [3.05, 3.63) is 99.1 Å². The molecule has 2 N–H and O–H groups in total. The Balaban J connectivity index is 1.84. The lowest BCUT2D eigenvalue weighted by Crippen LogP contribution is -2.07. The normalized spacial score (nSPS) is 13.1. The van der Waals surface area contributed by atoms with E-state index in [1.807, 2.05) is 30.3 Å². The smallest absolute Gasteiger partial charge is 0.295 e. The fraction of sp³-hybridized carbons (Fsp3) is 0. The molecule has 2 aromatic heterocycles. The Hall–Kier alpha value is -4.04. The standard InChI is InChI=1S/C21H13ClN6O2/c22-16-6-2-1-5-13(16)20-14-8-18(28(29)30)21-15(10-25-27-21)19(14)24-11-17(26-20)12-4-3-7-23-9-12/h1-11,24H,(H,25,27). The van der Waals surface area contributed by atoms with Crippen molar-refractivity contribution in [1.82, 2.24) is 15.2 Å². The number of hydrogen-bond donors (Lipinski definition) is 2. The first-order chi connectivity index (χ1) is 14.6. The van der Waals surface area contributed by atoms with Gasteiger partial charge < -0.3 is 5.32 Å². The summed E-state index contributed by atoms with van der Waals surface area (Å²) in [6, 6.07) is 12.5. The van der Waals surface area contributed by atoms with Gasteiger partial charge in [0.25, 0.3) is 5.69 Å². The van der Waals surface area contributed by atoms with Crippen LogP contribution >= 0.6 is 11.6 Å². The van der Waals surface area contributed by atoms with Crippen LogP contribution in [0.2, 0.25) is 5.02 Å². The molecule has 0 unspecified atom stereocenters. The van der Waals surface area contributed by atoms with Gasteiger partial charge in [0.1, 0.15) is 5.52 Å². The maximum atomic E-state index is 11.7. The highest BCUT2D eigenvalue weighted by molar-refractivity contribution is 6.36. The van der Waals surface area contributed by atoms with Crippen LogP contribution in [0.4, 0.5) is 11.4 Å². The molecule has 0 saturated carbocycles. The summed E-state index contributed by atoms with van der Waals surface area (Å²) in [5.41, 5.74) is 4.04. The van der Waals surface area contributed by atoms with E-state index in [4.69, 9.17) is 16.6 Å². The van der Waals surface area contributed by atoms with Gasteiger partial charge in [-0.15, -0.1) is 0 Å². The van der Waals surface area contributed by atoms with Crippen LogP contribution in [0.5, 0.6) is 0 Å². The molecule has 2 aromatic carbocycles. The summed E-state index contributed by atoms with van der Waals surface area (Å²) >= 11 is 6.49. The highest BCUT2D eigenvalue weighted by atomic mass is 35.5. The molecule has 0 amide bonds. The van der Waals surface area contributed by atoms with Gasteiger partial charge in [0.05, 0.1) is 33.6 Å². The van der Waals surface area contributed by atoms with E-state index in [1.54, 1.807) is 30.9 Å². The molecular weight excluding hydrogens is 404 g/mol. The number of halogens is 1. The van der Waals surface area contributed by atoms with Crippen LogP contribution in [0.25, 0.3) is 16.6 Å². The number of fused-ring (bicyclic) bond motifs is 3. The lowest BCUT2D eigenvalue weighted by Gasteiger charge is -2.12. The molecule has 4 aromatic rings. The first-order valence-electron chi connectivity index (χ1n) is 8.99. The van der Waals surface area contributed by atoms with E-state index in [9.17, 15) is 10.1 Å². The van der Waals surface area contributed by atoms with Crippen LogP contribution in [-0.4, -0.2) is 25.8 Å². The average Bonchev–Trinajstić information content (AvgIpc) is 3.17. The number of hydrogen-bond acceptors (Lipinski definition) is 6. The highest BCUT2D eigenvalue weighted by Crippen LogP contribution is 2.38. The molecule has 0 saturated heterocycles. The monoisotopic (exact) mass is 416 g/mol. The number of nitrogens with zero attached hydrogens (tertiary/aromatic N) is 4. The number of nitro groups is 1. The molecule has 8 nitrogen and oxygen atoms in total. The molecule has 30 heavy (non-hydrogen) atoms. The number of aliphatic imine (C=N–C) groups is 1. The topological polar surface area (TPSA) is 109 Å². The second-order valence-corrected chi connectivity index (χ2v) is 7.00. The summed E-state index contributed by atoms with van der Waals surface area (Å²) < 4.78 is 0. The molecule has 1 aliphatic rings. The number of nitrogens with one attached hydrogen (secondary N) is 2. The number of rotatable bonds is 3. The highest BCUT2D eigenvalue weighted by Gasteiger charge is 2.26. The zero-order chi connectivity index (χ0) is 20.7. The van der Waals surface area contributed by atoms with Crippen molar-refractivity contribution in [2.24, 2.45) is 4.99 Å². The van der Waals surface area contributed by atoms with Crippen molar-refractivity contribution < 1.29 is 4.92 Å². The van der Waals surface area contributed by atoms with E-state index in [-0.39, 0.29) is 5.69 Å². The third kappa shape index (κ3) is 2.90. The Labute approximate surface area is 175 Å². The summed E-state index contributed by atoms with van der Waals surface area (Å²) in [6.45, 7) is 0. The Bertz CT molecular complexity index is 1360. The molecule has 1 aliphatic heterocycles. The molecule has 0 spiro atoms. The Kier molecular flexibility index (Phi) is 4.26. The van der Waals surface area contributed by atoms with Crippen LogP contribution in [0.3, 0.4) is 0 Å². The first kappa shape index (κ1) is 18.0. The number of nitro benzene ring substituents is 1. The van der Waals surface area contributed by atoms with Gasteiger partial charge in [-0.1, -0.05) is 29.8 Å². The predicted octanol–water partition coefficient (Wildman–Crippen LogP) is 4.78. The maximum Gasteiger partial charge on any atom is 0.295 e. The molecule has 5 rings (SSSR count). The largest absolute Gasteiger partial charge is 0.359 e. The molecule has 0 radical (unpaired) electrons. The Morgan fingerprint density at radius 3 is 2.70 bits per heavy atom. The van der Waals surface area contributed by atoms with Crippen LogP contribution < -0.4 is 5.32 Å². The fourth-order valence-electron chi connectivity index (χ4n) is 3.46. The van der Waals surface area contributed by atoms with Gasteiger partial charge in [-0.05, 0) is 18.2 Å². The van der Waals surface area contributed by atoms with Gasteiger partial charge in [-0.25, -0.2) is 4.99 Å². The van der Waals surface area contributed by atoms with Crippen molar-refractivity contribution in [2.45, 2.75) is 0 Å². The summed E-state index contributed by atoms with van der Waals surface area (Å²) in [6.07, 6.45) is 6.69. The number of pyridine rings is 1. The second-order valence-electron chi connectivity index (χ2n) is 6.59. The summed E-state index contributed by atoms with van der Waals surface area (Å²) in [5.74, 6) is 0. The Morgan fingerprint density at radius 1 is 1.07 bits per heavy atom. The number of aromatic amines is 1. The molecule has 9 heteroatoms. The lowest BCUT2D eigenvalue weighted by molar-refractivity contribution is -0.383. The molecule has 0 fully saturated rings. The molecule has 0 aliphatic carbocycles. The zero-order valence-electron chi connectivity index (χ0n) is 15.3. The van der Waals surface area contributed by atoms with E-state index < -0.39 is 4.92 Å². The number of non-ortho nitro benzene ring substituents is 1. The van der Waals surface area contributed by atoms with E-state index >= 15 is 0 Å².